The Morgan fingerprint density at radius 2 is 1.96 bits per heavy atom. The van der Waals surface area contributed by atoms with E-state index in [0.29, 0.717) is 29.4 Å². The van der Waals surface area contributed by atoms with Crippen LogP contribution >= 0.6 is 0 Å². The normalized spacial score (nSPS) is 12.1. The number of hydrogen-bond acceptors (Lipinski definition) is 5. The van der Waals surface area contributed by atoms with Gasteiger partial charge in [0.25, 0.3) is 17.5 Å². The molecule has 0 saturated carbocycles. The largest absolute Gasteiger partial charge is 0.453 e. The van der Waals surface area contributed by atoms with E-state index in [4.69, 9.17) is 0 Å². The SMILES string of the molecule is Cc1c(C(=O)Nc2cc(C)n3nc(C(F)(F)F)nc3n2)cnn1CC(C)C. The van der Waals surface area contributed by atoms with Crippen LogP contribution in [0.1, 0.15) is 41.4 Å². The van der Waals surface area contributed by atoms with Gasteiger partial charge >= 0.3 is 6.18 Å². The average molecular weight is 381 g/mol. The van der Waals surface area contributed by atoms with Crippen molar-refractivity contribution in [1.29, 1.82) is 0 Å². The van der Waals surface area contributed by atoms with Crippen molar-refractivity contribution in [3.63, 3.8) is 0 Å². The quantitative estimate of drug-likeness (QED) is 0.751. The van der Waals surface area contributed by atoms with Crippen LogP contribution in [-0.2, 0) is 12.7 Å². The molecule has 1 N–H and O–H groups in total. The van der Waals surface area contributed by atoms with Gasteiger partial charge < -0.3 is 5.32 Å². The molecule has 0 bridgehead atoms. The number of nitrogens with one attached hydrogen (secondary N) is 1. The van der Waals surface area contributed by atoms with E-state index in [1.807, 2.05) is 13.8 Å². The van der Waals surface area contributed by atoms with Gasteiger partial charge in [0.1, 0.15) is 5.82 Å². The number of hydrogen-bond donors (Lipinski definition) is 1. The van der Waals surface area contributed by atoms with Gasteiger partial charge in [-0.05, 0) is 19.8 Å². The van der Waals surface area contributed by atoms with Gasteiger partial charge in [-0.2, -0.15) is 28.2 Å². The molecule has 3 rings (SSSR count). The van der Waals surface area contributed by atoms with Crippen LogP contribution in [-0.4, -0.2) is 35.3 Å². The number of aromatic nitrogens is 6. The molecule has 8 nitrogen and oxygen atoms in total. The summed E-state index contributed by atoms with van der Waals surface area (Å²) in [7, 11) is 0. The van der Waals surface area contributed by atoms with Crippen LogP contribution in [0.15, 0.2) is 12.3 Å². The highest BCUT2D eigenvalue weighted by Gasteiger charge is 2.36. The molecule has 0 saturated heterocycles. The summed E-state index contributed by atoms with van der Waals surface area (Å²) in [6, 6.07) is 1.42. The number of alkyl halides is 3. The number of amides is 1. The molecule has 0 atom stereocenters. The van der Waals surface area contributed by atoms with Gasteiger partial charge in [0.2, 0.25) is 0 Å². The fourth-order valence-corrected chi connectivity index (χ4v) is 2.58. The van der Waals surface area contributed by atoms with Crippen molar-refractivity contribution in [2.45, 2.75) is 40.4 Å². The van der Waals surface area contributed by atoms with Crippen LogP contribution in [0, 0.1) is 19.8 Å². The van der Waals surface area contributed by atoms with Crippen LogP contribution in [0.5, 0.6) is 0 Å². The summed E-state index contributed by atoms with van der Waals surface area (Å²) in [5, 5.41) is 10.2. The first-order valence-corrected chi connectivity index (χ1v) is 8.21. The number of anilines is 1. The maximum Gasteiger partial charge on any atom is 0.453 e. The van der Waals surface area contributed by atoms with E-state index in [9.17, 15) is 18.0 Å². The Morgan fingerprint density at radius 3 is 2.59 bits per heavy atom. The topological polar surface area (TPSA) is 90.0 Å². The van der Waals surface area contributed by atoms with E-state index >= 15 is 0 Å². The first kappa shape index (κ1) is 18.8. The lowest BCUT2D eigenvalue weighted by atomic mass is 10.2. The second-order valence-corrected chi connectivity index (χ2v) is 6.60. The predicted molar refractivity (Wildman–Crippen MR) is 90.3 cm³/mol. The summed E-state index contributed by atoms with van der Waals surface area (Å²) in [5.74, 6) is -1.53. The Labute approximate surface area is 152 Å². The Kier molecular flexibility index (Phi) is 4.62. The summed E-state index contributed by atoms with van der Waals surface area (Å²) in [6.45, 7) is 8.07. The molecule has 0 spiro atoms. The molecular weight excluding hydrogens is 363 g/mol. The highest BCUT2D eigenvalue weighted by molar-refractivity contribution is 6.04. The number of nitrogens with zero attached hydrogens (tertiary/aromatic N) is 6. The Morgan fingerprint density at radius 1 is 1.26 bits per heavy atom. The number of rotatable bonds is 4. The van der Waals surface area contributed by atoms with Crippen LogP contribution in [0.2, 0.25) is 0 Å². The van der Waals surface area contributed by atoms with E-state index < -0.39 is 17.9 Å². The molecule has 0 aliphatic heterocycles. The maximum atomic E-state index is 12.8. The lowest BCUT2D eigenvalue weighted by molar-refractivity contribution is -0.144. The molecular formula is C16H18F3N7O. The van der Waals surface area contributed by atoms with Gasteiger partial charge in [-0.25, -0.2) is 4.52 Å². The molecule has 3 heterocycles. The predicted octanol–water partition coefficient (Wildman–Crippen LogP) is 2.86. The van der Waals surface area contributed by atoms with Gasteiger partial charge in [0, 0.05) is 24.0 Å². The molecule has 0 aliphatic rings. The fourth-order valence-electron chi connectivity index (χ4n) is 2.58. The summed E-state index contributed by atoms with van der Waals surface area (Å²) < 4.78 is 41.1. The fraction of sp³-hybridized carbons (Fsp3) is 0.438. The number of halogens is 3. The third kappa shape index (κ3) is 3.76. The van der Waals surface area contributed by atoms with E-state index in [1.54, 1.807) is 18.5 Å². The molecule has 1 amide bonds. The third-order valence-corrected chi connectivity index (χ3v) is 3.87. The lowest BCUT2D eigenvalue weighted by Crippen LogP contribution is -2.15. The molecule has 0 aliphatic carbocycles. The van der Waals surface area contributed by atoms with Gasteiger partial charge in [0.05, 0.1) is 11.8 Å². The number of aryl methyl sites for hydroxylation is 1. The Hall–Kier alpha value is -2.98. The second-order valence-electron chi connectivity index (χ2n) is 6.60. The smallest absolute Gasteiger partial charge is 0.306 e. The monoisotopic (exact) mass is 381 g/mol. The molecule has 144 valence electrons. The van der Waals surface area contributed by atoms with Crippen molar-refractivity contribution in [3.8, 4) is 0 Å². The Bertz CT molecular complexity index is 1000. The summed E-state index contributed by atoms with van der Waals surface area (Å²) in [6.07, 6.45) is -3.22. The summed E-state index contributed by atoms with van der Waals surface area (Å²) in [4.78, 5) is 19.9. The molecule has 0 unspecified atom stereocenters. The molecule has 3 aromatic heterocycles. The minimum Gasteiger partial charge on any atom is -0.306 e. The summed E-state index contributed by atoms with van der Waals surface area (Å²) >= 11 is 0. The zero-order valence-corrected chi connectivity index (χ0v) is 15.2. The Balaban J connectivity index is 1.88. The molecule has 0 fully saturated rings. The van der Waals surface area contributed by atoms with Crippen LogP contribution in [0.3, 0.4) is 0 Å². The lowest BCUT2D eigenvalue weighted by Gasteiger charge is -2.08. The van der Waals surface area contributed by atoms with Crippen molar-refractivity contribution in [2.75, 3.05) is 5.32 Å². The second kappa shape index (κ2) is 6.63. The standard InChI is InChI=1S/C16H18F3N7O/c1-8(2)7-25-10(4)11(6-20-25)13(27)21-12-5-9(3)26-15(22-12)23-14(24-26)16(17,18)19/h5-6,8H,7H2,1-4H3,(H,21,22,23,24,27). The molecule has 27 heavy (non-hydrogen) atoms. The minimum atomic E-state index is -4.67. The van der Waals surface area contributed by atoms with Crippen molar-refractivity contribution < 1.29 is 18.0 Å². The van der Waals surface area contributed by atoms with Crippen molar-refractivity contribution in [2.24, 2.45) is 5.92 Å². The van der Waals surface area contributed by atoms with E-state index in [2.05, 4.69) is 25.5 Å². The molecule has 0 aromatic carbocycles. The zero-order chi connectivity index (χ0) is 19.9. The first-order chi connectivity index (χ1) is 12.6. The maximum absolute atomic E-state index is 12.8. The highest BCUT2D eigenvalue weighted by Crippen LogP contribution is 2.26. The minimum absolute atomic E-state index is 0.0853. The van der Waals surface area contributed by atoms with Crippen molar-refractivity contribution >= 4 is 17.5 Å². The average Bonchev–Trinajstić information content (AvgIpc) is 3.11. The van der Waals surface area contributed by atoms with E-state index in [-0.39, 0.29) is 11.6 Å². The highest BCUT2D eigenvalue weighted by atomic mass is 19.4. The number of fused-ring (bicyclic) bond motifs is 1. The molecule has 0 radical (unpaired) electrons. The van der Waals surface area contributed by atoms with Crippen LogP contribution in [0.4, 0.5) is 19.0 Å². The van der Waals surface area contributed by atoms with E-state index in [0.717, 1.165) is 4.52 Å². The van der Waals surface area contributed by atoms with Gasteiger partial charge in [0.15, 0.2) is 0 Å². The van der Waals surface area contributed by atoms with Crippen LogP contribution in [0.25, 0.3) is 5.78 Å². The summed E-state index contributed by atoms with van der Waals surface area (Å²) in [5.41, 5.74) is 1.42. The van der Waals surface area contributed by atoms with Crippen LogP contribution < -0.4 is 5.32 Å². The van der Waals surface area contributed by atoms with Gasteiger partial charge in [-0.3, -0.25) is 9.48 Å². The van der Waals surface area contributed by atoms with Crippen molar-refractivity contribution in [1.82, 2.24) is 29.4 Å². The molecule has 3 aromatic rings. The van der Waals surface area contributed by atoms with Crippen molar-refractivity contribution in [3.05, 3.63) is 35.0 Å². The first-order valence-electron chi connectivity index (χ1n) is 8.21. The number of carbonyl (C=O) groups is 1. The van der Waals surface area contributed by atoms with Gasteiger partial charge in [-0.1, -0.05) is 13.8 Å². The molecule has 11 heteroatoms. The zero-order valence-electron chi connectivity index (χ0n) is 15.2. The van der Waals surface area contributed by atoms with E-state index in [1.165, 1.54) is 12.3 Å². The van der Waals surface area contributed by atoms with Gasteiger partial charge in [-0.15, -0.1) is 5.10 Å². The third-order valence-electron chi connectivity index (χ3n) is 3.87. The number of carbonyl (C=O) groups excluding carboxylic acids is 1.